The van der Waals surface area contributed by atoms with Crippen molar-refractivity contribution in [1.82, 2.24) is 24.8 Å². The first-order valence-electron chi connectivity index (χ1n) is 26.0. The molecule has 2 aromatic rings. The van der Waals surface area contributed by atoms with E-state index in [0.717, 1.165) is 11.1 Å². The molecule has 1 aromatic heterocycles. The summed E-state index contributed by atoms with van der Waals surface area (Å²) in [5, 5.41) is 69.0. The van der Waals surface area contributed by atoms with Gasteiger partial charge in [-0.15, -0.1) is 5.10 Å². The van der Waals surface area contributed by atoms with E-state index in [0.29, 0.717) is 43.8 Å². The van der Waals surface area contributed by atoms with Crippen LogP contribution in [0.2, 0.25) is 0 Å². The van der Waals surface area contributed by atoms with Crippen molar-refractivity contribution in [3.8, 4) is 0 Å². The van der Waals surface area contributed by atoms with Crippen LogP contribution in [-0.4, -0.2) is 188 Å². The van der Waals surface area contributed by atoms with Crippen LogP contribution in [0.15, 0.2) is 35.6 Å². The Bertz CT molecular complexity index is 2050. The molecule has 72 heavy (non-hydrogen) atoms. The van der Waals surface area contributed by atoms with Gasteiger partial charge in [-0.1, -0.05) is 62.3 Å². The number of rotatable bonds is 15. The van der Waals surface area contributed by atoms with Gasteiger partial charge < -0.3 is 63.9 Å². The second-order valence-electron chi connectivity index (χ2n) is 22.3. The zero-order chi connectivity index (χ0) is 53.6. The number of oxime groups is 1. The summed E-state index contributed by atoms with van der Waals surface area (Å²) in [4.78, 5) is 18.8. The monoisotopic (exact) mass is 1020 g/mol. The largest absolute Gasteiger partial charge is 0.459 e. The third-order valence-electron chi connectivity index (χ3n) is 16.6. The maximum absolute atomic E-state index is 14.8. The minimum Gasteiger partial charge on any atom is -0.459 e. The van der Waals surface area contributed by atoms with Crippen LogP contribution in [-0.2, 0) is 39.6 Å². The molecule has 0 amide bonds. The number of carbonyl (C=O) groups is 1. The number of carbonyl (C=O) groups excluding carboxylic acids is 1. The number of aliphatic hydroxyl groups is 4. The lowest BCUT2D eigenvalue weighted by molar-refractivity contribution is -0.275. The maximum atomic E-state index is 14.8. The lowest BCUT2D eigenvalue weighted by atomic mass is 9.68. The smallest absolute Gasteiger partial charge is 0.309 e. The van der Waals surface area contributed by atoms with Gasteiger partial charge in [0.25, 0.3) is 0 Å². The molecule has 0 bridgehead atoms. The summed E-state index contributed by atoms with van der Waals surface area (Å²) in [5.74, 6) is -2.88. The fourth-order valence-electron chi connectivity index (χ4n) is 12.0. The molecule has 0 aliphatic carbocycles. The van der Waals surface area contributed by atoms with Crippen LogP contribution in [0.25, 0.3) is 0 Å². The van der Waals surface area contributed by atoms with Gasteiger partial charge in [-0.3, -0.25) is 4.79 Å². The van der Waals surface area contributed by atoms with Crippen molar-refractivity contribution in [3.05, 3.63) is 47.3 Å². The summed E-state index contributed by atoms with van der Waals surface area (Å²) >= 11 is 0. The minimum absolute atomic E-state index is 0.00867. The Labute approximate surface area is 427 Å². The molecular weight excluding hydrogens is 932 g/mol. The van der Waals surface area contributed by atoms with Crippen molar-refractivity contribution >= 4 is 11.7 Å². The highest BCUT2D eigenvalue weighted by Gasteiger charge is 2.54. The topological polar surface area (TPSA) is 223 Å². The third kappa shape index (κ3) is 13.6. The molecule has 410 valence electrons. The number of benzene rings is 1. The molecule has 0 radical (unpaired) electrons. The maximum Gasteiger partial charge on any atom is 0.309 e. The van der Waals surface area contributed by atoms with Gasteiger partial charge in [0.05, 0.1) is 52.9 Å². The number of aromatic nitrogens is 3. The molecule has 18 nitrogen and oxygen atoms in total. The van der Waals surface area contributed by atoms with Gasteiger partial charge in [0.1, 0.15) is 42.7 Å². The van der Waals surface area contributed by atoms with Gasteiger partial charge in [0.15, 0.2) is 6.29 Å². The number of nitrogens with zero attached hydrogens (tertiary/aromatic N) is 6. The van der Waals surface area contributed by atoms with Gasteiger partial charge in [-0.05, 0) is 105 Å². The molecule has 1 aromatic carbocycles. The standard InChI is InChI=1S/C53H89FN6O12/c1-16-43-53(11,65)47(61)35(7)59(13)28-30(2)25-51(9,64)49(32(4)45(33(5)50(63)71-43)42-26-52(10,68-15)48(62)36(8)70-42)72-44-24-40(23-31(3)69-44)58(12)22-21-39-29-60(57-55-39)41(27-54)46(67-14)38-19-17-37(18-20-38)34(6)56-66/h17-20,29-33,35-36,40-49,61-62,64-66H,16,21-28H2,1-15H3/b56-34+/t30-,31?,32+,33-,35-,36+,40+,41?,42-,43-,44+,45?,46?,47?,48+,49-,51-,52-,53-/m1/s1. The Morgan fingerprint density at radius 2 is 1.68 bits per heavy atom. The van der Waals surface area contributed by atoms with Gasteiger partial charge >= 0.3 is 5.97 Å². The van der Waals surface area contributed by atoms with Crippen LogP contribution in [0.5, 0.6) is 0 Å². The molecule has 5 N–H and O–H groups in total. The molecule has 5 rings (SSSR count). The summed E-state index contributed by atoms with van der Waals surface area (Å²) < 4.78 is 54.6. The van der Waals surface area contributed by atoms with Crippen LogP contribution < -0.4 is 0 Å². The minimum atomic E-state index is -1.80. The molecule has 19 atom stereocenters. The van der Waals surface area contributed by atoms with E-state index in [2.05, 4.69) is 20.4 Å². The second kappa shape index (κ2) is 25.1. The zero-order valence-corrected chi connectivity index (χ0v) is 45.6. The molecule has 4 heterocycles. The average molecular weight is 1020 g/mol. The lowest BCUT2D eigenvalue weighted by Crippen LogP contribution is -2.61. The van der Waals surface area contributed by atoms with Crippen molar-refractivity contribution in [2.45, 2.75) is 205 Å². The normalized spacial score (nSPS) is 39.2. The number of aliphatic hydroxyl groups excluding tert-OH is 2. The fraction of sp³-hybridized carbons (Fsp3) is 0.811. The molecule has 0 saturated carbocycles. The molecule has 3 aliphatic rings. The second-order valence-corrected chi connectivity index (χ2v) is 22.3. The van der Waals surface area contributed by atoms with Gasteiger partial charge in [-0.25, -0.2) is 9.07 Å². The number of hydrogen-bond donors (Lipinski definition) is 5. The Kier molecular flexibility index (Phi) is 20.8. The Balaban J connectivity index is 1.42. The highest BCUT2D eigenvalue weighted by atomic mass is 19.1. The molecule has 3 fully saturated rings. The third-order valence-corrected chi connectivity index (χ3v) is 16.6. The van der Waals surface area contributed by atoms with E-state index in [-0.39, 0.29) is 37.3 Å². The van der Waals surface area contributed by atoms with Gasteiger partial charge in [0.2, 0.25) is 0 Å². The Hall–Kier alpha value is -3.21. The summed E-state index contributed by atoms with van der Waals surface area (Å²) in [6, 6.07) is 5.89. The van der Waals surface area contributed by atoms with E-state index in [1.165, 1.54) is 18.7 Å². The van der Waals surface area contributed by atoms with Gasteiger partial charge in [0, 0.05) is 70.8 Å². The van der Waals surface area contributed by atoms with Crippen molar-refractivity contribution < 1.29 is 63.2 Å². The number of likely N-dealkylation sites (N-methyl/N-ethyl adjacent to an activating group) is 2. The highest BCUT2D eigenvalue weighted by Crippen LogP contribution is 2.45. The van der Waals surface area contributed by atoms with E-state index in [4.69, 9.17) is 28.4 Å². The molecule has 0 spiro atoms. The van der Waals surface area contributed by atoms with Crippen molar-refractivity contribution in [2.24, 2.45) is 28.8 Å². The van der Waals surface area contributed by atoms with E-state index in [1.807, 2.05) is 65.7 Å². The molecule has 3 aliphatic heterocycles. The quantitative estimate of drug-likeness (QED) is 0.0643. The van der Waals surface area contributed by atoms with Crippen molar-refractivity contribution in [2.75, 3.05) is 48.1 Å². The number of methoxy groups -OCH3 is 2. The fourth-order valence-corrected chi connectivity index (χ4v) is 12.0. The lowest BCUT2D eigenvalue weighted by Gasteiger charge is -2.51. The average Bonchev–Trinajstić information content (AvgIpc) is 3.81. The summed E-state index contributed by atoms with van der Waals surface area (Å²) in [6.07, 6.45) is -3.03. The number of halogens is 1. The van der Waals surface area contributed by atoms with Crippen LogP contribution in [0.3, 0.4) is 0 Å². The van der Waals surface area contributed by atoms with Crippen molar-refractivity contribution in [3.63, 3.8) is 0 Å². The number of ether oxygens (including phenoxy) is 6. The Morgan fingerprint density at radius 1 is 1.01 bits per heavy atom. The first-order chi connectivity index (χ1) is 33.8. The van der Waals surface area contributed by atoms with Crippen molar-refractivity contribution in [1.29, 1.82) is 0 Å². The predicted molar refractivity (Wildman–Crippen MR) is 269 cm³/mol. The first-order valence-corrected chi connectivity index (χ1v) is 26.0. The predicted octanol–water partition coefficient (Wildman–Crippen LogP) is 5.50. The van der Waals surface area contributed by atoms with E-state index < -0.39 is 108 Å². The molecule has 19 heteroatoms. The number of alkyl halides is 1. The van der Waals surface area contributed by atoms with Crippen LogP contribution in [0.1, 0.15) is 137 Å². The van der Waals surface area contributed by atoms with E-state index in [9.17, 15) is 34.8 Å². The molecule has 5 unspecified atom stereocenters. The van der Waals surface area contributed by atoms with Gasteiger partial charge in [-0.2, -0.15) is 0 Å². The van der Waals surface area contributed by atoms with Crippen LogP contribution >= 0.6 is 0 Å². The molecular formula is C53H89FN6O12. The zero-order valence-electron chi connectivity index (χ0n) is 45.6. The first kappa shape index (κ1) is 59.7. The number of hydrogen-bond acceptors (Lipinski definition) is 17. The summed E-state index contributed by atoms with van der Waals surface area (Å²) in [6.45, 7) is 20.3. The Morgan fingerprint density at radius 3 is 2.28 bits per heavy atom. The molecule has 3 saturated heterocycles. The SMILES string of the molecule is CC[C@H]1OC(=O)[C@H](C)C([C@H]2C[C@@](C)(OC)[C@@H](O)[C@H](C)O2)[C@H](C)[C@@H](O[C@H]2C[C@@H](N(C)CCc3cn(C(CF)C(OC)c4ccc(/C(C)=N/O)cc4)nn3)CC(C)O2)[C@](C)(O)C[C@@H](C)CN(C)[C@H](C)C(O)[C@]1(C)O. The van der Waals surface area contributed by atoms with E-state index >= 15 is 0 Å². The number of cyclic esters (lactones) is 1. The summed E-state index contributed by atoms with van der Waals surface area (Å²) in [5.41, 5.74) is -1.73. The number of esters is 1. The summed E-state index contributed by atoms with van der Waals surface area (Å²) in [7, 11) is 6.97. The highest BCUT2D eigenvalue weighted by molar-refractivity contribution is 5.98. The van der Waals surface area contributed by atoms with Crippen LogP contribution in [0, 0.1) is 23.7 Å². The van der Waals surface area contributed by atoms with Crippen LogP contribution in [0.4, 0.5) is 4.39 Å². The van der Waals surface area contributed by atoms with E-state index in [1.54, 1.807) is 60.1 Å².